The molecule has 9 aromatic carbocycles. The van der Waals surface area contributed by atoms with Gasteiger partial charge in [-0.1, -0.05) is 188 Å². The number of para-hydroxylation sites is 1. The van der Waals surface area contributed by atoms with Crippen LogP contribution in [0.4, 0.5) is 17.1 Å². The third-order valence-electron chi connectivity index (χ3n) is 12.0. The van der Waals surface area contributed by atoms with E-state index in [4.69, 9.17) is 4.42 Å². The molecule has 59 heavy (non-hydrogen) atoms. The molecule has 1 heterocycles. The lowest BCUT2D eigenvalue weighted by molar-refractivity contribution is 0.628. The van der Waals surface area contributed by atoms with Crippen molar-refractivity contribution >= 4 is 28.0 Å². The molecule has 1 aromatic heterocycles. The third kappa shape index (κ3) is 5.80. The highest BCUT2D eigenvalue weighted by molar-refractivity contribution is 5.98. The Morgan fingerprint density at radius 3 is 1.37 bits per heavy atom. The molecule has 0 unspecified atom stereocenters. The molecule has 2 heteroatoms. The first-order valence-corrected chi connectivity index (χ1v) is 20.3. The second-order valence-electron chi connectivity index (χ2n) is 15.3. The van der Waals surface area contributed by atoms with E-state index < -0.39 is 5.41 Å². The summed E-state index contributed by atoms with van der Waals surface area (Å²) in [5.41, 5.74) is 16.6. The minimum absolute atomic E-state index is 0.583. The Bertz CT molecular complexity index is 2940. The minimum atomic E-state index is -0.583. The van der Waals surface area contributed by atoms with Crippen LogP contribution in [0.5, 0.6) is 0 Å². The lowest BCUT2D eigenvalue weighted by Gasteiger charge is -2.33. The zero-order chi connectivity index (χ0) is 39.2. The number of anilines is 3. The van der Waals surface area contributed by atoms with Crippen molar-refractivity contribution in [2.45, 2.75) is 5.41 Å². The van der Waals surface area contributed by atoms with Crippen molar-refractivity contribution in [1.29, 1.82) is 0 Å². The van der Waals surface area contributed by atoms with Gasteiger partial charge < -0.3 is 9.32 Å². The van der Waals surface area contributed by atoms with Crippen molar-refractivity contribution in [1.82, 2.24) is 0 Å². The summed E-state index contributed by atoms with van der Waals surface area (Å²) in [5, 5.41) is 1.14. The van der Waals surface area contributed by atoms with Gasteiger partial charge in [0.1, 0.15) is 11.3 Å². The fourth-order valence-corrected chi connectivity index (χ4v) is 9.26. The maximum atomic E-state index is 6.80. The molecule has 0 radical (unpaired) electrons. The second kappa shape index (κ2) is 14.4. The van der Waals surface area contributed by atoms with Gasteiger partial charge in [0.15, 0.2) is 0 Å². The first kappa shape index (κ1) is 34.6. The summed E-state index contributed by atoms with van der Waals surface area (Å²) in [6, 6.07) is 85.2. The summed E-state index contributed by atoms with van der Waals surface area (Å²) in [6.45, 7) is 0. The molecule has 1 aliphatic carbocycles. The lowest BCUT2D eigenvalue weighted by atomic mass is 9.67. The fraction of sp³-hybridized carbons (Fsp3) is 0.0175. The molecule has 0 bridgehead atoms. The van der Waals surface area contributed by atoms with Gasteiger partial charge in [0.2, 0.25) is 0 Å². The monoisotopic (exact) mass is 753 g/mol. The van der Waals surface area contributed by atoms with Crippen molar-refractivity contribution in [3.63, 3.8) is 0 Å². The molecule has 0 atom stereocenters. The molecule has 0 N–H and O–H groups in total. The maximum Gasteiger partial charge on any atom is 0.140 e. The van der Waals surface area contributed by atoms with Crippen molar-refractivity contribution in [2.24, 2.45) is 0 Å². The van der Waals surface area contributed by atoms with Crippen molar-refractivity contribution < 1.29 is 4.42 Å². The second-order valence-corrected chi connectivity index (χ2v) is 15.3. The van der Waals surface area contributed by atoms with E-state index in [1.165, 1.54) is 44.5 Å². The predicted octanol–water partition coefficient (Wildman–Crippen LogP) is 15.3. The normalized spacial score (nSPS) is 12.5. The van der Waals surface area contributed by atoms with Crippen LogP contribution in [0, 0.1) is 0 Å². The molecule has 1 aliphatic rings. The average Bonchev–Trinajstić information content (AvgIpc) is 3.84. The number of rotatable bonds is 8. The number of hydrogen-bond acceptors (Lipinski definition) is 2. The lowest BCUT2D eigenvalue weighted by Crippen LogP contribution is -2.28. The van der Waals surface area contributed by atoms with Crippen LogP contribution in [0.25, 0.3) is 55.7 Å². The number of furan rings is 1. The van der Waals surface area contributed by atoms with E-state index in [-0.39, 0.29) is 0 Å². The van der Waals surface area contributed by atoms with E-state index in [1.807, 2.05) is 0 Å². The molecule has 0 spiro atoms. The van der Waals surface area contributed by atoms with Gasteiger partial charge in [-0.3, -0.25) is 0 Å². The third-order valence-corrected chi connectivity index (χ3v) is 12.0. The van der Waals surface area contributed by atoms with E-state index in [0.717, 1.165) is 50.5 Å². The SMILES string of the molecule is c1ccc(-c2ccc(N(c3ccc(-c4ccccc4)cc3)c3cccc(-c4ccc5c(c4)C(c4ccccc4)(c4ccccc4)c4c-5oc5ccccc45)c3)cc2)cc1. The Labute approximate surface area is 344 Å². The van der Waals surface area contributed by atoms with Gasteiger partial charge in [0, 0.05) is 33.6 Å². The number of fused-ring (bicyclic) bond motifs is 5. The van der Waals surface area contributed by atoms with Crippen LogP contribution in [-0.2, 0) is 5.41 Å². The quantitative estimate of drug-likeness (QED) is 0.154. The van der Waals surface area contributed by atoms with Crippen LogP contribution in [0.15, 0.2) is 241 Å². The summed E-state index contributed by atoms with van der Waals surface area (Å²) >= 11 is 0. The van der Waals surface area contributed by atoms with Crippen LogP contribution >= 0.6 is 0 Å². The molecule has 0 saturated heterocycles. The topological polar surface area (TPSA) is 16.4 Å². The van der Waals surface area contributed by atoms with Crippen LogP contribution in [0.1, 0.15) is 22.3 Å². The first-order valence-electron chi connectivity index (χ1n) is 20.3. The van der Waals surface area contributed by atoms with Gasteiger partial charge in [-0.2, -0.15) is 0 Å². The van der Waals surface area contributed by atoms with Gasteiger partial charge in [-0.15, -0.1) is 0 Å². The summed E-state index contributed by atoms with van der Waals surface area (Å²) < 4.78 is 6.80. The number of benzene rings is 9. The first-order chi connectivity index (χ1) is 29.3. The Hall–Kier alpha value is -7.68. The zero-order valence-corrected chi connectivity index (χ0v) is 32.4. The molecule has 10 aromatic rings. The summed E-state index contributed by atoms with van der Waals surface area (Å²) in [4.78, 5) is 2.36. The Balaban J connectivity index is 1.07. The Kier molecular flexibility index (Phi) is 8.41. The average molecular weight is 754 g/mol. The highest BCUT2D eigenvalue weighted by Gasteiger charge is 2.49. The summed E-state index contributed by atoms with van der Waals surface area (Å²) in [5.74, 6) is 0.943. The van der Waals surface area contributed by atoms with E-state index >= 15 is 0 Å². The van der Waals surface area contributed by atoms with E-state index in [1.54, 1.807) is 0 Å². The van der Waals surface area contributed by atoms with Crippen molar-refractivity contribution in [3.05, 3.63) is 259 Å². The Morgan fingerprint density at radius 2 is 0.797 bits per heavy atom. The largest absolute Gasteiger partial charge is 0.456 e. The van der Waals surface area contributed by atoms with Gasteiger partial charge in [0.05, 0.1) is 5.41 Å². The standard InChI is InChI=1S/C57H39NO/c1-5-16-40(17-6-1)42-28-33-48(34-29-42)58(49-35-30-43(31-36-49)41-18-7-2-8-19-41)50-25-15-20-44(38-50)45-32-37-51-53(39-45)57(46-21-9-3-10-22-46,47-23-11-4-12-24-47)55-52-26-13-14-27-54(52)59-56(51)55/h1-39H. The summed E-state index contributed by atoms with van der Waals surface area (Å²) in [6.07, 6.45) is 0. The van der Waals surface area contributed by atoms with E-state index in [0.29, 0.717) is 0 Å². The minimum Gasteiger partial charge on any atom is -0.456 e. The number of nitrogens with zero attached hydrogens (tertiary/aromatic N) is 1. The van der Waals surface area contributed by atoms with Crippen molar-refractivity contribution in [2.75, 3.05) is 4.90 Å². The van der Waals surface area contributed by atoms with Gasteiger partial charge >= 0.3 is 0 Å². The van der Waals surface area contributed by atoms with Crippen molar-refractivity contribution in [3.8, 4) is 44.7 Å². The van der Waals surface area contributed by atoms with Crippen LogP contribution in [0.2, 0.25) is 0 Å². The molecule has 0 saturated carbocycles. The molecule has 2 nitrogen and oxygen atoms in total. The molecule has 0 amide bonds. The van der Waals surface area contributed by atoms with E-state index in [2.05, 4.69) is 241 Å². The molecular weight excluding hydrogens is 715 g/mol. The van der Waals surface area contributed by atoms with E-state index in [9.17, 15) is 0 Å². The molecule has 278 valence electrons. The summed E-state index contributed by atoms with van der Waals surface area (Å²) in [7, 11) is 0. The Morgan fingerprint density at radius 1 is 0.339 bits per heavy atom. The van der Waals surface area contributed by atoms with Gasteiger partial charge in [-0.05, 0) is 98.6 Å². The highest BCUT2D eigenvalue weighted by atomic mass is 16.3. The smallest absolute Gasteiger partial charge is 0.140 e. The van der Waals surface area contributed by atoms with Gasteiger partial charge in [0.25, 0.3) is 0 Å². The molecule has 0 aliphatic heterocycles. The maximum absolute atomic E-state index is 6.80. The van der Waals surface area contributed by atoms with Crippen LogP contribution in [0.3, 0.4) is 0 Å². The highest BCUT2D eigenvalue weighted by Crippen LogP contribution is 2.59. The van der Waals surface area contributed by atoms with Gasteiger partial charge in [-0.25, -0.2) is 0 Å². The molecule has 0 fully saturated rings. The fourth-order valence-electron chi connectivity index (χ4n) is 9.26. The molecule has 11 rings (SSSR count). The number of hydrogen-bond donors (Lipinski definition) is 0. The van der Waals surface area contributed by atoms with Crippen LogP contribution < -0.4 is 4.90 Å². The molecular formula is C57H39NO. The zero-order valence-electron chi connectivity index (χ0n) is 32.4. The predicted molar refractivity (Wildman–Crippen MR) is 245 cm³/mol. The van der Waals surface area contributed by atoms with Crippen LogP contribution in [-0.4, -0.2) is 0 Å².